The van der Waals surface area contributed by atoms with Crippen LogP contribution in [0.15, 0.2) is 18.2 Å². The third-order valence-corrected chi connectivity index (χ3v) is 5.05. The Morgan fingerprint density at radius 3 is 2.33 bits per heavy atom. The molecule has 0 aliphatic carbocycles. The van der Waals surface area contributed by atoms with Crippen LogP contribution in [0.3, 0.4) is 0 Å². The summed E-state index contributed by atoms with van der Waals surface area (Å²) in [5.74, 6) is -0.107. The molecule has 0 amide bonds. The van der Waals surface area contributed by atoms with Gasteiger partial charge in [0.2, 0.25) is 0 Å². The van der Waals surface area contributed by atoms with Gasteiger partial charge in [-0.15, -0.1) is 11.3 Å². The van der Waals surface area contributed by atoms with Gasteiger partial charge in [0.25, 0.3) is 0 Å². The van der Waals surface area contributed by atoms with Gasteiger partial charge in [-0.1, -0.05) is 13.0 Å². The van der Waals surface area contributed by atoms with Crippen LogP contribution in [0.4, 0.5) is 4.39 Å². The molecule has 0 fully saturated rings. The molecule has 0 saturated heterocycles. The average Bonchev–Trinajstić information content (AvgIpc) is 2.72. The Morgan fingerprint density at radius 1 is 1.10 bits per heavy atom. The van der Waals surface area contributed by atoms with E-state index in [1.807, 2.05) is 13.8 Å². The normalized spacial score (nSPS) is 12.7. The van der Waals surface area contributed by atoms with Crippen molar-refractivity contribution in [3.63, 3.8) is 0 Å². The van der Waals surface area contributed by atoms with Gasteiger partial charge in [-0.05, 0) is 69.5 Å². The monoisotopic (exact) mass is 305 g/mol. The molecule has 1 aromatic carbocycles. The largest absolute Gasteiger partial charge is 0.306 e. The van der Waals surface area contributed by atoms with E-state index < -0.39 is 0 Å². The maximum atomic E-state index is 14.5. The fraction of sp³-hybridized carbons (Fsp3) is 0.444. The molecule has 0 aliphatic rings. The summed E-state index contributed by atoms with van der Waals surface area (Å²) in [5.41, 5.74) is 4.06. The Labute approximate surface area is 131 Å². The van der Waals surface area contributed by atoms with E-state index in [2.05, 4.69) is 38.2 Å². The summed E-state index contributed by atoms with van der Waals surface area (Å²) < 4.78 is 14.5. The van der Waals surface area contributed by atoms with Crippen molar-refractivity contribution in [2.45, 2.75) is 47.1 Å². The van der Waals surface area contributed by atoms with E-state index in [-0.39, 0.29) is 11.9 Å². The number of nitrogens with one attached hydrogen (secondary N) is 1. The minimum Gasteiger partial charge on any atom is -0.306 e. The maximum Gasteiger partial charge on any atom is 0.128 e. The van der Waals surface area contributed by atoms with Gasteiger partial charge in [-0.3, -0.25) is 0 Å². The fourth-order valence-corrected chi connectivity index (χ4v) is 3.80. The number of hydrogen-bond donors (Lipinski definition) is 1. The molecule has 21 heavy (non-hydrogen) atoms. The van der Waals surface area contributed by atoms with Crippen molar-refractivity contribution in [3.05, 3.63) is 56.0 Å². The second-order valence-electron chi connectivity index (χ2n) is 5.75. The molecule has 2 aromatic rings. The third kappa shape index (κ3) is 3.53. The molecule has 0 bridgehead atoms. The Kier molecular flexibility index (Phi) is 5.17. The summed E-state index contributed by atoms with van der Waals surface area (Å²) in [5, 5.41) is 3.51. The zero-order chi connectivity index (χ0) is 15.6. The lowest BCUT2D eigenvalue weighted by Crippen LogP contribution is -2.24. The van der Waals surface area contributed by atoms with Crippen LogP contribution >= 0.6 is 11.3 Å². The first-order valence-corrected chi connectivity index (χ1v) is 8.32. The molecule has 114 valence electrons. The number of hydrogen-bond acceptors (Lipinski definition) is 2. The minimum absolute atomic E-state index is 0.0528. The lowest BCUT2D eigenvalue weighted by molar-refractivity contribution is 0.547. The van der Waals surface area contributed by atoms with Gasteiger partial charge < -0.3 is 5.32 Å². The molecule has 0 saturated carbocycles. The predicted octanol–water partition coefficient (Wildman–Crippen LogP) is 5.21. The lowest BCUT2D eigenvalue weighted by Gasteiger charge is -2.21. The third-order valence-electron chi connectivity index (χ3n) is 3.84. The van der Waals surface area contributed by atoms with Crippen molar-refractivity contribution in [3.8, 4) is 0 Å². The van der Waals surface area contributed by atoms with Crippen molar-refractivity contribution in [1.82, 2.24) is 5.32 Å². The summed E-state index contributed by atoms with van der Waals surface area (Å²) in [6.07, 6.45) is 1.03. The zero-order valence-corrected chi connectivity index (χ0v) is 14.3. The number of thiophene rings is 1. The SMILES string of the molecule is CCCNC(c1cc(C)c(C)s1)c1c(C)cc(C)cc1F. The van der Waals surface area contributed by atoms with Crippen LogP contribution in [0.25, 0.3) is 0 Å². The molecule has 1 atom stereocenters. The van der Waals surface area contributed by atoms with Crippen molar-refractivity contribution in [2.75, 3.05) is 6.54 Å². The van der Waals surface area contributed by atoms with E-state index >= 15 is 0 Å². The van der Waals surface area contributed by atoms with Crippen LogP contribution < -0.4 is 5.32 Å². The Bertz CT molecular complexity index is 588. The standard InChI is InChI=1S/C18H24FNS/c1-6-7-20-18(16-10-12(3)14(5)21-16)17-13(4)8-11(2)9-15(17)19/h8-10,18,20H,6-7H2,1-5H3. The summed E-state index contributed by atoms with van der Waals surface area (Å²) in [6.45, 7) is 11.2. The highest BCUT2D eigenvalue weighted by atomic mass is 32.1. The Balaban J connectivity index is 2.50. The van der Waals surface area contributed by atoms with E-state index in [0.29, 0.717) is 0 Å². The van der Waals surface area contributed by atoms with Gasteiger partial charge in [0.1, 0.15) is 5.82 Å². The zero-order valence-electron chi connectivity index (χ0n) is 13.5. The second kappa shape index (κ2) is 6.71. The average molecular weight is 305 g/mol. The minimum atomic E-state index is -0.107. The van der Waals surface area contributed by atoms with Crippen LogP contribution in [-0.4, -0.2) is 6.54 Å². The van der Waals surface area contributed by atoms with E-state index in [1.54, 1.807) is 17.4 Å². The fourth-order valence-electron chi connectivity index (χ4n) is 2.67. The number of aryl methyl sites for hydroxylation is 4. The molecule has 1 nitrogen and oxygen atoms in total. The van der Waals surface area contributed by atoms with E-state index in [9.17, 15) is 4.39 Å². The summed E-state index contributed by atoms with van der Waals surface area (Å²) in [6, 6.07) is 5.83. The highest BCUT2D eigenvalue weighted by Gasteiger charge is 2.22. The molecule has 0 spiro atoms. The van der Waals surface area contributed by atoms with Crippen LogP contribution in [-0.2, 0) is 0 Å². The molecule has 1 aromatic heterocycles. The van der Waals surface area contributed by atoms with Crippen LogP contribution in [0, 0.1) is 33.5 Å². The molecule has 0 radical (unpaired) electrons. The van der Waals surface area contributed by atoms with E-state index in [1.165, 1.54) is 15.3 Å². The maximum absolute atomic E-state index is 14.5. The molecule has 1 N–H and O–H groups in total. The van der Waals surface area contributed by atoms with Crippen molar-refractivity contribution in [1.29, 1.82) is 0 Å². The van der Waals surface area contributed by atoms with Crippen LogP contribution in [0.2, 0.25) is 0 Å². The Morgan fingerprint density at radius 2 is 1.81 bits per heavy atom. The lowest BCUT2D eigenvalue weighted by atomic mass is 9.97. The molecule has 1 heterocycles. The number of benzene rings is 1. The smallest absolute Gasteiger partial charge is 0.128 e. The topological polar surface area (TPSA) is 12.0 Å². The first-order chi connectivity index (χ1) is 9.93. The van der Waals surface area contributed by atoms with Crippen molar-refractivity contribution >= 4 is 11.3 Å². The summed E-state index contributed by atoms with van der Waals surface area (Å²) in [4.78, 5) is 2.50. The predicted molar refractivity (Wildman–Crippen MR) is 89.8 cm³/mol. The van der Waals surface area contributed by atoms with Gasteiger partial charge >= 0.3 is 0 Å². The highest BCUT2D eigenvalue weighted by Crippen LogP contribution is 2.34. The van der Waals surface area contributed by atoms with E-state index in [4.69, 9.17) is 0 Å². The van der Waals surface area contributed by atoms with Crippen LogP contribution in [0.1, 0.15) is 51.4 Å². The summed E-state index contributed by atoms with van der Waals surface area (Å²) in [7, 11) is 0. The molecular weight excluding hydrogens is 281 g/mol. The van der Waals surface area contributed by atoms with E-state index in [0.717, 1.165) is 29.7 Å². The van der Waals surface area contributed by atoms with Gasteiger partial charge in [0, 0.05) is 15.3 Å². The van der Waals surface area contributed by atoms with Gasteiger partial charge in [0.15, 0.2) is 0 Å². The summed E-state index contributed by atoms with van der Waals surface area (Å²) >= 11 is 1.76. The quantitative estimate of drug-likeness (QED) is 0.799. The number of halogens is 1. The number of rotatable bonds is 5. The highest BCUT2D eigenvalue weighted by molar-refractivity contribution is 7.12. The van der Waals surface area contributed by atoms with Gasteiger partial charge in [-0.2, -0.15) is 0 Å². The molecule has 0 aliphatic heterocycles. The first kappa shape index (κ1) is 16.2. The molecule has 2 rings (SSSR count). The molecule has 1 unspecified atom stereocenters. The van der Waals surface area contributed by atoms with Crippen molar-refractivity contribution < 1.29 is 4.39 Å². The van der Waals surface area contributed by atoms with Gasteiger partial charge in [-0.25, -0.2) is 4.39 Å². The molecule has 3 heteroatoms. The molecular formula is C18H24FNS. The van der Waals surface area contributed by atoms with Crippen LogP contribution in [0.5, 0.6) is 0 Å². The Hall–Kier alpha value is -1.19. The van der Waals surface area contributed by atoms with Gasteiger partial charge in [0.05, 0.1) is 6.04 Å². The second-order valence-corrected chi connectivity index (χ2v) is 7.04. The van der Waals surface area contributed by atoms with Crippen molar-refractivity contribution in [2.24, 2.45) is 0 Å². The first-order valence-electron chi connectivity index (χ1n) is 7.51.